The predicted octanol–water partition coefficient (Wildman–Crippen LogP) is 4.74. The monoisotopic (exact) mass is 389 g/mol. The summed E-state index contributed by atoms with van der Waals surface area (Å²) < 4.78 is 27.4. The molecule has 0 atom stereocenters. The number of amides is 1. The first-order valence-electron chi connectivity index (χ1n) is 5.18. The van der Waals surface area contributed by atoms with Crippen molar-refractivity contribution in [2.24, 2.45) is 0 Å². The number of rotatable bonds is 2. The van der Waals surface area contributed by atoms with Crippen molar-refractivity contribution >= 4 is 43.5 Å². The zero-order valence-corrected chi connectivity index (χ0v) is 12.6. The van der Waals surface area contributed by atoms with Crippen LogP contribution < -0.4 is 5.32 Å². The highest BCUT2D eigenvalue weighted by molar-refractivity contribution is 9.11. The largest absolute Gasteiger partial charge is 0.322 e. The normalized spacial score (nSPS) is 10.3. The van der Waals surface area contributed by atoms with Crippen molar-refractivity contribution in [1.29, 1.82) is 0 Å². The van der Waals surface area contributed by atoms with Crippen LogP contribution in [0.2, 0.25) is 0 Å². The van der Waals surface area contributed by atoms with Gasteiger partial charge in [0.15, 0.2) is 0 Å². The first kappa shape index (κ1) is 14.1. The fourth-order valence-corrected chi connectivity index (χ4v) is 2.73. The van der Waals surface area contributed by atoms with Crippen LogP contribution in [0.1, 0.15) is 10.4 Å². The van der Waals surface area contributed by atoms with Gasteiger partial charge in [-0.3, -0.25) is 4.79 Å². The summed E-state index contributed by atoms with van der Waals surface area (Å²) in [4.78, 5) is 12.0. The third-order valence-corrected chi connectivity index (χ3v) is 3.45. The maximum atomic E-state index is 13.0. The lowest BCUT2D eigenvalue weighted by Crippen LogP contribution is -2.12. The van der Waals surface area contributed by atoms with Crippen molar-refractivity contribution in [2.75, 3.05) is 5.32 Å². The summed E-state index contributed by atoms with van der Waals surface area (Å²) in [5, 5.41) is 2.44. The Kier molecular flexibility index (Phi) is 4.31. The van der Waals surface area contributed by atoms with Gasteiger partial charge in [-0.05, 0) is 46.3 Å². The number of carbonyl (C=O) groups is 1. The van der Waals surface area contributed by atoms with Crippen molar-refractivity contribution in [3.05, 3.63) is 62.5 Å². The van der Waals surface area contributed by atoms with E-state index in [1.807, 2.05) is 0 Å². The Hall–Kier alpha value is -1.27. The molecule has 2 aromatic carbocycles. The first-order chi connectivity index (χ1) is 8.95. The van der Waals surface area contributed by atoms with Crippen LogP contribution in [0.15, 0.2) is 45.3 Å². The standard InChI is InChI=1S/C13H7Br2F2NO/c14-7-1-2-11(12(15)3-7)13(19)18-10-5-8(16)4-9(17)6-10/h1-6H,(H,18,19). The van der Waals surface area contributed by atoms with Gasteiger partial charge in [0.05, 0.1) is 5.56 Å². The number of anilines is 1. The van der Waals surface area contributed by atoms with Crippen LogP contribution in [0.5, 0.6) is 0 Å². The fourth-order valence-electron chi connectivity index (χ4n) is 1.50. The van der Waals surface area contributed by atoms with Gasteiger partial charge < -0.3 is 5.32 Å². The van der Waals surface area contributed by atoms with Crippen molar-refractivity contribution in [2.45, 2.75) is 0 Å². The Morgan fingerprint density at radius 2 is 1.63 bits per heavy atom. The van der Waals surface area contributed by atoms with Gasteiger partial charge in [0, 0.05) is 20.7 Å². The number of hydrogen-bond acceptors (Lipinski definition) is 1. The Bertz CT molecular complexity index is 626. The van der Waals surface area contributed by atoms with E-state index < -0.39 is 17.5 Å². The molecule has 6 heteroatoms. The summed E-state index contributed by atoms with van der Waals surface area (Å²) in [5.74, 6) is -1.94. The van der Waals surface area contributed by atoms with Crippen LogP contribution in [0.4, 0.5) is 14.5 Å². The van der Waals surface area contributed by atoms with Gasteiger partial charge >= 0.3 is 0 Å². The van der Waals surface area contributed by atoms with E-state index in [2.05, 4.69) is 37.2 Å². The van der Waals surface area contributed by atoms with E-state index in [1.165, 1.54) is 0 Å². The van der Waals surface area contributed by atoms with Crippen LogP contribution in [0, 0.1) is 11.6 Å². The SMILES string of the molecule is O=C(Nc1cc(F)cc(F)c1)c1ccc(Br)cc1Br. The molecule has 0 spiro atoms. The summed E-state index contributed by atoms with van der Waals surface area (Å²) in [6.07, 6.45) is 0. The quantitative estimate of drug-likeness (QED) is 0.788. The average Bonchev–Trinajstić information content (AvgIpc) is 2.26. The summed E-state index contributed by atoms with van der Waals surface area (Å²) in [5.41, 5.74) is 0.435. The van der Waals surface area contributed by atoms with Crippen molar-refractivity contribution in [3.8, 4) is 0 Å². The number of hydrogen-bond donors (Lipinski definition) is 1. The molecule has 0 radical (unpaired) electrons. The maximum Gasteiger partial charge on any atom is 0.256 e. The second-order valence-corrected chi connectivity index (χ2v) is 5.51. The molecule has 0 unspecified atom stereocenters. The van der Waals surface area contributed by atoms with Crippen molar-refractivity contribution in [3.63, 3.8) is 0 Å². The molecule has 0 heterocycles. The topological polar surface area (TPSA) is 29.1 Å². The van der Waals surface area contributed by atoms with Gasteiger partial charge in [0.2, 0.25) is 0 Å². The average molecular weight is 391 g/mol. The van der Waals surface area contributed by atoms with E-state index >= 15 is 0 Å². The molecule has 0 aliphatic carbocycles. The number of nitrogens with one attached hydrogen (secondary N) is 1. The summed E-state index contributed by atoms with van der Waals surface area (Å²) in [7, 11) is 0. The van der Waals surface area contributed by atoms with Gasteiger partial charge in [-0.2, -0.15) is 0 Å². The third-order valence-electron chi connectivity index (χ3n) is 2.30. The minimum Gasteiger partial charge on any atom is -0.322 e. The Balaban J connectivity index is 2.25. The molecule has 0 fully saturated rings. The lowest BCUT2D eigenvalue weighted by atomic mass is 10.2. The molecule has 0 bridgehead atoms. The lowest BCUT2D eigenvalue weighted by molar-refractivity contribution is 0.102. The highest BCUT2D eigenvalue weighted by Gasteiger charge is 2.11. The molecule has 2 nitrogen and oxygen atoms in total. The molecule has 0 saturated carbocycles. The Morgan fingerprint density at radius 3 is 2.21 bits per heavy atom. The molecule has 0 saturated heterocycles. The summed E-state index contributed by atoms with van der Waals surface area (Å²) in [6, 6.07) is 7.85. The van der Waals surface area contributed by atoms with E-state index in [0.717, 1.165) is 22.7 Å². The number of benzene rings is 2. The Morgan fingerprint density at radius 1 is 1.00 bits per heavy atom. The lowest BCUT2D eigenvalue weighted by Gasteiger charge is -2.07. The van der Waals surface area contributed by atoms with Crippen LogP contribution >= 0.6 is 31.9 Å². The van der Waals surface area contributed by atoms with Crippen molar-refractivity contribution in [1.82, 2.24) is 0 Å². The van der Waals surface area contributed by atoms with E-state index in [4.69, 9.17) is 0 Å². The molecule has 0 aromatic heterocycles. The van der Waals surface area contributed by atoms with E-state index in [0.29, 0.717) is 10.0 Å². The van der Waals surface area contributed by atoms with Gasteiger partial charge in [-0.15, -0.1) is 0 Å². The summed E-state index contributed by atoms with van der Waals surface area (Å²) >= 11 is 6.52. The first-order valence-corrected chi connectivity index (χ1v) is 6.77. The highest BCUT2D eigenvalue weighted by atomic mass is 79.9. The predicted molar refractivity (Wildman–Crippen MR) is 76.2 cm³/mol. The molecule has 2 rings (SSSR count). The molecule has 2 aromatic rings. The van der Waals surface area contributed by atoms with Crippen LogP contribution in [0.25, 0.3) is 0 Å². The zero-order chi connectivity index (χ0) is 14.0. The van der Waals surface area contributed by atoms with E-state index in [9.17, 15) is 13.6 Å². The Labute approximate surface area is 125 Å². The van der Waals surface area contributed by atoms with E-state index in [-0.39, 0.29) is 5.69 Å². The smallest absolute Gasteiger partial charge is 0.256 e. The van der Waals surface area contributed by atoms with Gasteiger partial charge in [-0.1, -0.05) is 15.9 Å². The zero-order valence-electron chi connectivity index (χ0n) is 9.38. The third kappa shape index (κ3) is 3.61. The molecule has 1 N–H and O–H groups in total. The molecular formula is C13H7Br2F2NO. The second-order valence-electron chi connectivity index (χ2n) is 3.74. The van der Waals surface area contributed by atoms with E-state index in [1.54, 1.807) is 18.2 Å². The minimum atomic E-state index is -0.745. The minimum absolute atomic E-state index is 0.0670. The molecule has 1 amide bonds. The highest BCUT2D eigenvalue weighted by Crippen LogP contribution is 2.23. The number of halogens is 4. The molecular weight excluding hydrogens is 384 g/mol. The summed E-state index contributed by atoms with van der Waals surface area (Å²) in [6.45, 7) is 0. The van der Waals surface area contributed by atoms with Gasteiger partial charge in [0.1, 0.15) is 11.6 Å². The van der Waals surface area contributed by atoms with Crippen LogP contribution in [-0.4, -0.2) is 5.91 Å². The maximum absolute atomic E-state index is 13.0. The fraction of sp³-hybridized carbons (Fsp3) is 0. The van der Waals surface area contributed by atoms with Crippen molar-refractivity contribution < 1.29 is 13.6 Å². The molecule has 98 valence electrons. The number of carbonyl (C=O) groups excluding carboxylic acids is 1. The second kappa shape index (κ2) is 5.79. The molecule has 0 aliphatic rings. The van der Waals surface area contributed by atoms with Crippen LogP contribution in [0.3, 0.4) is 0 Å². The molecule has 19 heavy (non-hydrogen) atoms. The molecule has 0 aliphatic heterocycles. The van der Waals surface area contributed by atoms with Gasteiger partial charge in [0.25, 0.3) is 5.91 Å². The van der Waals surface area contributed by atoms with Gasteiger partial charge in [-0.25, -0.2) is 8.78 Å². The van der Waals surface area contributed by atoms with Crippen LogP contribution in [-0.2, 0) is 0 Å².